The average molecular weight is 549 g/mol. The maximum atomic E-state index is 11.1. The Bertz CT molecular complexity index is 1120. The minimum atomic E-state index is -0.471. The molecule has 1 unspecified atom stereocenters. The Balaban J connectivity index is 1.22. The van der Waals surface area contributed by atoms with Crippen molar-refractivity contribution in [3.8, 4) is 23.3 Å². The van der Waals surface area contributed by atoms with Crippen LogP contribution in [-0.4, -0.2) is 41.3 Å². The molecule has 218 valence electrons. The molecular weight excluding hydrogens is 500 g/mol. The zero-order chi connectivity index (χ0) is 28.0. The summed E-state index contributed by atoms with van der Waals surface area (Å²) in [6, 6.07) is 5.61. The van der Waals surface area contributed by atoms with Gasteiger partial charge < -0.3 is 30.7 Å². The third kappa shape index (κ3) is 7.43. The van der Waals surface area contributed by atoms with Gasteiger partial charge in [0.2, 0.25) is 0 Å². The molecule has 2 aliphatic carbocycles. The predicted molar refractivity (Wildman–Crippen MR) is 159 cm³/mol. The smallest absolute Gasteiger partial charge is 0.161 e. The number of phenolic OH excluding ortho intramolecular Hbond substituents is 1. The highest BCUT2D eigenvalue weighted by atomic mass is 16.5. The minimum absolute atomic E-state index is 0.0273. The lowest BCUT2D eigenvalue weighted by Gasteiger charge is -2.34. The van der Waals surface area contributed by atoms with Gasteiger partial charge in [0.1, 0.15) is 0 Å². The summed E-state index contributed by atoms with van der Waals surface area (Å²) >= 11 is 0. The molecule has 2 fully saturated rings. The van der Waals surface area contributed by atoms with E-state index in [0.717, 1.165) is 48.8 Å². The summed E-state index contributed by atoms with van der Waals surface area (Å²) in [5.41, 5.74) is 9.42. The van der Waals surface area contributed by atoms with E-state index in [4.69, 9.17) is 15.2 Å². The SMILES string of the molecule is C[C@H]1C#CC2=CC(N)NC=C2CO[C@H](C[C@H](O)CCc2ccc(O)c(OC3CCCCC3)c2)CCC12CCCC2. The molecule has 0 amide bonds. The zero-order valence-electron chi connectivity index (χ0n) is 24.2. The van der Waals surface area contributed by atoms with Crippen molar-refractivity contribution >= 4 is 0 Å². The molecule has 6 heteroatoms. The van der Waals surface area contributed by atoms with Crippen molar-refractivity contribution in [2.45, 2.75) is 121 Å². The van der Waals surface area contributed by atoms with E-state index >= 15 is 0 Å². The second-order valence-corrected chi connectivity index (χ2v) is 12.6. The van der Waals surface area contributed by atoms with Crippen LogP contribution in [0.3, 0.4) is 0 Å². The third-order valence-corrected chi connectivity index (χ3v) is 9.69. The second-order valence-electron chi connectivity index (χ2n) is 12.6. The molecule has 40 heavy (non-hydrogen) atoms. The van der Waals surface area contributed by atoms with Crippen LogP contribution in [-0.2, 0) is 11.2 Å². The number of benzene rings is 1. The normalized spacial score (nSPS) is 27.7. The van der Waals surface area contributed by atoms with E-state index in [-0.39, 0.29) is 29.5 Å². The summed E-state index contributed by atoms with van der Waals surface area (Å²) in [7, 11) is 0. The number of aliphatic hydroxyl groups is 1. The lowest BCUT2D eigenvalue weighted by atomic mass is 9.71. The number of nitrogens with one attached hydrogen (secondary N) is 1. The third-order valence-electron chi connectivity index (χ3n) is 9.69. The molecule has 1 aromatic carbocycles. The van der Waals surface area contributed by atoms with Gasteiger partial charge in [-0.1, -0.05) is 44.1 Å². The summed E-state index contributed by atoms with van der Waals surface area (Å²) in [6.45, 7) is 2.74. The van der Waals surface area contributed by atoms with Crippen LogP contribution in [0.4, 0.5) is 0 Å². The fourth-order valence-electron chi connectivity index (χ4n) is 7.02. The van der Waals surface area contributed by atoms with Crippen LogP contribution in [0, 0.1) is 23.2 Å². The Kier molecular flexibility index (Phi) is 9.78. The van der Waals surface area contributed by atoms with Crippen LogP contribution in [0.25, 0.3) is 0 Å². The van der Waals surface area contributed by atoms with E-state index in [1.54, 1.807) is 6.07 Å². The topological polar surface area (TPSA) is 97.0 Å². The van der Waals surface area contributed by atoms with Crippen LogP contribution in [0.15, 0.2) is 41.6 Å². The summed E-state index contributed by atoms with van der Waals surface area (Å²) in [5.74, 6) is 8.11. The van der Waals surface area contributed by atoms with Crippen molar-refractivity contribution in [2.24, 2.45) is 17.1 Å². The van der Waals surface area contributed by atoms with Crippen molar-refractivity contribution in [3.63, 3.8) is 0 Å². The maximum absolute atomic E-state index is 11.1. The number of aromatic hydroxyl groups is 1. The molecule has 5 rings (SSSR count). The van der Waals surface area contributed by atoms with E-state index in [1.807, 2.05) is 24.4 Å². The Hall–Kier alpha value is -2.46. The van der Waals surface area contributed by atoms with Gasteiger partial charge in [-0.25, -0.2) is 0 Å². The molecule has 2 heterocycles. The van der Waals surface area contributed by atoms with Gasteiger partial charge in [-0.15, -0.1) is 0 Å². The molecule has 0 radical (unpaired) electrons. The molecular formula is C34H48N2O4. The number of fused-ring (bicyclic) bond motifs is 1. The number of hydrogen-bond acceptors (Lipinski definition) is 6. The van der Waals surface area contributed by atoms with E-state index in [2.05, 4.69) is 24.1 Å². The van der Waals surface area contributed by atoms with E-state index in [9.17, 15) is 10.2 Å². The standard InChI is InChI=1S/C34H48N2O4/c1-24-9-12-26-20-33(35)36-22-27(26)23-39-30(15-18-34(24)16-5-6-17-34)21-28(37)13-10-25-11-14-31(38)32(19-25)40-29-7-3-2-4-8-29/h11,14,19-20,22,24,28-30,33,36-38H,2-8,10,13,15-18,21,23,35H2,1H3/t24-,28+,30-,33?/m0/s1. The Morgan fingerprint density at radius 2 is 1.93 bits per heavy atom. The maximum Gasteiger partial charge on any atom is 0.161 e. The molecule has 4 atom stereocenters. The van der Waals surface area contributed by atoms with Crippen molar-refractivity contribution in [2.75, 3.05) is 6.61 Å². The van der Waals surface area contributed by atoms with Gasteiger partial charge in [0.05, 0.1) is 31.1 Å². The lowest BCUT2D eigenvalue weighted by Crippen LogP contribution is -2.35. The molecule has 2 saturated carbocycles. The van der Waals surface area contributed by atoms with Crippen LogP contribution in [0.1, 0.15) is 96.0 Å². The number of phenols is 1. The summed E-state index contributed by atoms with van der Waals surface area (Å²) in [4.78, 5) is 0. The number of dihydropyridines is 1. The van der Waals surface area contributed by atoms with Gasteiger partial charge in [-0.05, 0) is 99.8 Å². The van der Waals surface area contributed by atoms with Crippen LogP contribution >= 0.6 is 0 Å². The number of rotatable bonds is 7. The number of ether oxygens (including phenoxy) is 2. The van der Waals surface area contributed by atoms with Gasteiger partial charge in [0, 0.05) is 23.3 Å². The van der Waals surface area contributed by atoms with Crippen molar-refractivity contribution in [1.29, 1.82) is 0 Å². The largest absolute Gasteiger partial charge is 0.504 e. The van der Waals surface area contributed by atoms with Crippen molar-refractivity contribution in [3.05, 3.63) is 47.2 Å². The first-order valence-corrected chi connectivity index (χ1v) is 15.6. The first kappa shape index (κ1) is 29.0. The highest BCUT2D eigenvalue weighted by Gasteiger charge is 2.39. The Morgan fingerprint density at radius 1 is 1.12 bits per heavy atom. The first-order chi connectivity index (χ1) is 19.4. The quantitative estimate of drug-likeness (QED) is 0.319. The molecule has 4 aliphatic rings. The molecule has 0 saturated heterocycles. The molecule has 0 aromatic heterocycles. The van der Waals surface area contributed by atoms with Gasteiger partial charge in [-0.2, -0.15) is 0 Å². The number of aryl methyl sites for hydroxylation is 1. The summed E-state index contributed by atoms with van der Waals surface area (Å²) in [5, 5.41) is 24.7. The molecule has 5 N–H and O–H groups in total. The van der Waals surface area contributed by atoms with Gasteiger partial charge in [-0.3, -0.25) is 0 Å². The van der Waals surface area contributed by atoms with E-state index in [1.165, 1.54) is 44.9 Å². The molecule has 0 bridgehead atoms. The molecule has 1 aromatic rings. The average Bonchev–Trinajstić information content (AvgIpc) is 3.44. The van der Waals surface area contributed by atoms with Crippen LogP contribution in [0.2, 0.25) is 0 Å². The number of aliphatic hydroxyl groups excluding tert-OH is 1. The minimum Gasteiger partial charge on any atom is -0.504 e. The van der Waals surface area contributed by atoms with E-state index < -0.39 is 6.10 Å². The zero-order valence-corrected chi connectivity index (χ0v) is 24.2. The van der Waals surface area contributed by atoms with Crippen LogP contribution in [0.5, 0.6) is 11.5 Å². The summed E-state index contributed by atoms with van der Waals surface area (Å²) < 4.78 is 12.6. The number of hydrogen-bond donors (Lipinski definition) is 4. The van der Waals surface area contributed by atoms with Crippen molar-refractivity contribution in [1.82, 2.24) is 5.32 Å². The Labute approximate surface area is 240 Å². The fourth-order valence-corrected chi connectivity index (χ4v) is 7.02. The highest BCUT2D eigenvalue weighted by Crippen LogP contribution is 2.48. The molecule has 6 nitrogen and oxygen atoms in total. The highest BCUT2D eigenvalue weighted by molar-refractivity contribution is 5.48. The van der Waals surface area contributed by atoms with Crippen molar-refractivity contribution < 1.29 is 19.7 Å². The van der Waals surface area contributed by atoms with Crippen LogP contribution < -0.4 is 15.8 Å². The van der Waals surface area contributed by atoms with Gasteiger partial charge >= 0.3 is 0 Å². The molecule has 1 spiro atoms. The van der Waals surface area contributed by atoms with E-state index in [0.29, 0.717) is 31.1 Å². The predicted octanol–water partition coefficient (Wildman–Crippen LogP) is 5.86. The number of nitrogens with two attached hydrogens (primary N) is 1. The fraction of sp³-hybridized carbons (Fsp3) is 0.647. The summed E-state index contributed by atoms with van der Waals surface area (Å²) in [6.07, 6.45) is 18.1. The second kappa shape index (κ2) is 13.5. The molecule has 2 aliphatic heterocycles. The van der Waals surface area contributed by atoms with Gasteiger partial charge in [0.25, 0.3) is 0 Å². The Morgan fingerprint density at radius 3 is 2.73 bits per heavy atom. The monoisotopic (exact) mass is 548 g/mol. The lowest BCUT2D eigenvalue weighted by molar-refractivity contribution is 0.00795. The first-order valence-electron chi connectivity index (χ1n) is 15.6. The van der Waals surface area contributed by atoms with Gasteiger partial charge in [0.15, 0.2) is 11.5 Å².